The number of carbonyl (C=O) groups is 2. The monoisotopic (exact) mass is 814 g/mol. The first-order chi connectivity index (χ1) is 29.0. The van der Waals surface area contributed by atoms with Gasteiger partial charge in [0.05, 0.1) is 36.9 Å². The number of carbonyl (C=O) groups excluding carboxylic acids is 2. The first kappa shape index (κ1) is 43.9. The van der Waals surface area contributed by atoms with Crippen molar-refractivity contribution >= 4 is 11.7 Å². The average Bonchev–Trinajstić information content (AvgIpc) is 3.59. The number of nitrogens with zero attached hydrogens (tertiary/aromatic N) is 1. The first-order valence-corrected chi connectivity index (χ1v) is 22.3. The molecule has 0 unspecified atom stereocenters. The van der Waals surface area contributed by atoms with Gasteiger partial charge in [0, 0.05) is 37.4 Å². The molecule has 2 heterocycles. The number of rotatable bonds is 19. The summed E-state index contributed by atoms with van der Waals surface area (Å²) in [6, 6.07) is 35.9. The van der Waals surface area contributed by atoms with Gasteiger partial charge in [0.2, 0.25) is 11.7 Å². The van der Waals surface area contributed by atoms with Crippen molar-refractivity contribution < 1.29 is 28.5 Å². The van der Waals surface area contributed by atoms with Crippen LogP contribution in [0.25, 0.3) is 0 Å². The molecule has 1 saturated carbocycles. The van der Waals surface area contributed by atoms with E-state index >= 15 is 0 Å². The van der Waals surface area contributed by atoms with Crippen LogP contribution in [0.1, 0.15) is 104 Å². The summed E-state index contributed by atoms with van der Waals surface area (Å²) in [5, 5.41) is 3.14. The minimum Gasteiger partial charge on any atom is -0.370 e. The van der Waals surface area contributed by atoms with Crippen LogP contribution in [0, 0.1) is 18.3 Å². The number of hydrogen-bond donors (Lipinski definition) is 1. The van der Waals surface area contributed by atoms with E-state index < -0.39 is 22.9 Å². The molecule has 4 aromatic carbocycles. The fourth-order valence-electron chi connectivity index (χ4n) is 9.49. The van der Waals surface area contributed by atoms with E-state index in [1.54, 1.807) is 0 Å². The van der Waals surface area contributed by atoms with Crippen LogP contribution in [0.2, 0.25) is 0 Å². The Bertz CT molecular complexity index is 2010. The zero-order valence-corrected chi connectivity index (χ0v) is 36.6. The molecule has 1 N–H and O–H groups in total. The van der Waals surface area contributed by atoms with Gasteiger partial charge in [0.1, 0.15) is 11.9 Å². The Morgan fingerprint density at radius 3 is 2.13 bits per heavy atom. The molecule has 7 rings (SSSR count). The molecular weight excluding hydrogens is 749 g/mol. The van der Waals surface area contributed by atoms with E-state index in [0.717, 1.165) is 74.6 Å². The number of fused-ring (bicyclic) bond motifs is 2. The Kier molecular flexibility index (Phi) is 14.4. The Morgan fingerprint density at radius 2 is 1.47 bits per heavy atom. The van der Waals surface area contributed by atoms with Gasteiger partial charge in [0.25, 0.3) is 0 Å². The lowest BCUT2D eigenvalue weighted by atomic mass is 9.70. The number of aryl methyl sites for hydroxylation is 2. The largest absolute Gasteiger partial charge is 0.370 e. The molecule has 2 saturated heterocycles. The summed E-state index contributed by atoms with van der Waals surface area (Å²) in [7, 11) is 4.01. The van der Waals surface area contributed by atoms with Gasteiger partial charge >= 0.3 is 0 Å². The maximum absolute atomic E-state index is 13.3. The van der Waals surface area contributed by atoms with Crippen LogP contribution in [0.15, 0.2) is 103 Å². The van der Waals surface area contributed by atoms with E-state index in [2.05, 4.69) is 97.7 Å². The number of ether oxygens (including phenoxy) is 4. The SMILES string of the molecule is Cc1ccc([C@]23OC[C@](C)(O2)[C@@H](C)[C@H](OCc2ccccc2)[C@H]3OCc2ccccc2)cc1Cc1ccc(CCCC(=O)CC2(C(=O)NCCN(C)C)CCCCC2)cc1. The lowest BCUT2D eigenvalue weighted by molar-refractivity contribution is -0.330. The smallest absolute Gasteiger partial charge is 0.226 e. The molecule has 0 aromatic heterocycles. The third kappa shape index (κ3) is 10.3. The number of Topliss-reactive ketones (excluding diaryl/α,β-unsaturated/α-hetero) is 1. The van der Waals surface area contributed by atoms with Gasteiger partial charge in [-0.05, 0) is 99.5 Å². The Hall–Kier alpha value is -4.18. The maximum Gasteiger partial charge on any atom is 0.226 e. The van der Waals surface area contributed by atoms with E-state index in [4.69, 9.17) is 18.9 Å². The predicted octanol–water partition coefficient (Wildman–Crippen LogP) is 9.27. The second kappa shape index (κ2) is 19.7. The van der Waals surface area contributed by atoms with Crippen molar-refractivity contribution in [2.24, 2.45) is 11.3 Å². The summed E-state index contributed by atoms with van der Waals surface area (Å²) in [4.78, 5) is 28.7. The highest BCUT2D eigenvalue weighted by atomic mass is 16.8. The fourth-order valence-corrected chi connectivity index (χ4v) is 9.49. The van der Waals surface area contributed by atoms with Gasteiger partial charge in [-0.15, -0.1) is 0 Å². The predicted molar refractivity (Wildman–Crippen MR) is 236 cm³/mol. The highest BCUT2D eigenvalue weighted by Gasteiger charge is 2.65. The van der Waals surface area contributed by atoms with Crippen LogP contribution in [0.3, 0.4) is 0 Å². The number of hydrogen-bond acceptors (Lipinski definition) is 7. The number of likely N-dealkylation sites (N-methyl/N-ethyl adjacent to an activating group) is 1. The molecule has 0 radical (unpaired) electrons. The van der Waals surface area contributed by atoms with Crippen molar-refractivity contribution in [2.75, 3.05) is 33.8 Å². The normalized spacial score (nSPS) is 24.7. The maximum atomic E-state index is 13.3. The second-order valence-electron chi connectivity index (χ2n) is 18.2. The van der Waals surface area contributed by atoms with Crippen molar-refractivity contribution in [3.8, 4) is 0 Å². The summed E-state index contributed by atoms with van der Waals surface area (Å²) in [5.41, 5.74) is 6.85. The average molecular weight is 815 g/mol. The van der Waals surface area contributed by atoms with E-state index in [1.807, 2.05) is 50.5 Å². The van der Waals surface area contributed by atoms with Crippen molar-refractivity contribution in [1.82, 2.24) is 10.2 Å². The highest BCUT2D eigenvalue weighted by molar-refractivity contribution is 5.90. The Labute approximate surface area is 358 Å². The van der Waals surface area contributed by atoms with Gasteiger partial charge in [0.15, 0.2) is 0 Å². The molecule has 8 heteroatoms. The number of amides is 1. The van der Waals surface area contributed by atoms with Gasteiger partial charge < -0.3 is 29.2 Å². The van der Waals surface area contributed by atoms with Crippen LogP contribution in [0.4, 0.5) is 0 Å². The van der Waals surface area contributed by atoms with Crippen molar-refractivity contribution in [1.29, 1.82) is 0 Å². The zero-order valence-electron chi connectivity index (χ0n) is 36.6. The number of ketones is 1. The lowest BCUT2D eigenvalue weighted by Gasteiger charge is -2.49. The quantitative estimate of drug-likeness (QED) is 0.101. The third-order valence-corrected chi connectivity index (χ3v) is 13.4. The van der Waals surface area contributed by atoms with E-state index in [0.29, 0.717) is 39.2 Å². The van der Waals surface area contributed by atoms with Gasteiger partial charge in [-0.3, -0.25) is 9.59 Å². The number of benzene rings is 4. The van der Waals surface area contributed by atoms with Gasteiger partial charge in [-0.1, -0.05) is 123 Å². The second-order valence-corrected chi connectivity index (χ2v) is 18.2. The molecule has 4 aromatic rings. The van der Waals surface area contributed by atoms with E-state index in [1.165, 1.54) is 22.3 Å². The summed E-state index contributed by atoms with van der Waals surface area (Å²) in [6.45, 7) is 9.21. The molecule has 0 spiro atoms. The minimum absolute atomic E-state index is 0.0113. The summed E-state index contributed by atoms with van der Waals surface area (Å²) < 4.78 is 27.6. The van der Waals surface area contributed by atoms with Crippen LogP contribution in [0.5, 0.6) is 0 Å². The topological polar surface area (TPSA) is 86.3 Å². The lowest BCUT2D eigenvalue weighted by Crippen LogP contribution is -2.61. The number of nitrogens with one attached hydrogen (secondary N) is 1. The van der Waals surface area contributed by atoms with Crippen molar-refractivity contribution in [2.45, 2.75) is 122 Å². The Balaban J connectivity index is 1.02. The van der Waals surface area contributed by atoms with Crippen molar-refractivity contribution in [3.05, 3.63) is 142 Å². The molecule has 8 nitrogen and oxygen atoms in total. The van der Waals surface area contributed by atoms with Crippen LogP contribution in [-0.2, 0) is 60.4 Å². The first-order valence-electron chi connectivity index (χ1n) is 22.3. The molecule has 2 aliphatic heterocycles. The van der Waals surface area contributed by atoms with Crippen LogP contribution < -0.4 is 5.32 Å². The molecular formula is C52H66N2O6. The summed E-state index contributed by atoms with van der Waals surface area (Å²) >= 11 is 0. The molecule has 1 aliphatic carbocycles. The summed E-state index contributed by atoms with van der Waals surface area (Å²) in [5.74, 6) is -0.863. The molecule has 60 heavy (non-hydrogen) atoms. The Morgan fingerprint density at radius 1 is 0.817 bits per heavy atom. The van der Waals surface area contributed by atoms with Crippen LogP contribution >= 0.6 is 0 Å². The third-order valence-electron chi connectivity index (χ3n) is 13.4. The van der Waals surface area contributed by atoms with E-state index in [-0.39, 0.29) is 23.7 Å². The summed E-state index contributed by atoms with van der Waals surface area (Å²) in [6.07, 6.45) is 7.19. The standard InChI is InChI=1S/C52H66N2O6/c1-38-22-27-45(52-48(58-36-43-18-11-7-12-19-43)47(39(2)50(3,60-52)37-59-52)57-35-42-16-9-6-10-17-42)33-44(38)32-41-25-23-40(24-26-41)20-15-21-46(55)34-51(28-13-8-14-29-51)49(56)53-30-31-54(4)5/h6-7,9-12,16-19,22-27,33,39,47-48H,8,13-15,20-21,28-32,34-37H2,1-5H3,(H,53,56)/t39-,47-,48+,50-,52-/m0/s1. The van der Waals surface area contributed by atoms with Crippen molar-refractivity contribution in [3.63, 3.8) is 0 Å². The molecule has 3 fully saturated rings. The molecule has 1 amide bonds. The molecule has 5 atom stereocenters. The van der Waals surface area contributed by atoms with Gasteiger partial charge in [-0.25, -0.2) is 0 Å². The molecule has 320 valence electrons. The molecule has 3 aliphatic rings. The zero-order chi connectivity index (χ0) is 42.2. The van der Waals surface area contributed by atoms with Gasteiger partial charge in [-0.2, -0.15) is 0 Å². The highest BCUT2D eigenvalue weighted by Crippen LogP contribution is 2.54. The molecule has 2 bridgehead atoms. The van der Waals surface area contributed by atoms with E-state index in [9.17, 15) is 9.59 Å². The fraction of sp³-hybridized carbons (Fsp3) is 0.500. The van der Waals surface area contributed by atoms with Crippen LogP contribution in [-0.4, -0.2) is 68.2 Å². The minimum atomic E-state index is -1.15.